The highest BCUT2D eigenvalue weighted by atomic mass is 79.9. The zero-order chi connectivity index (χ0) is 22.3. The quantitative estimate of drug-likeness (QED) is 0.619. The van der Waals surface area contributed by atoms with Crippen LogP contribution in [-0.2, 0) is 16.0 Å². The number of hydrogen-bond donors (Lipinski definition) is 1. The van der Waals surface area contributed by atoms with Crippen LogP contribution in [0, 0.1) is 6.92 Å². The molecule has 0 spiro atoms. The minimum absolute atomic E-state index is 0.291. The first-order chi connectivity index (χ1) is 14.1. The van der Waals surface area contributed by atoms with Crippen molar-refractivity contribution in [2.45, 2.75) is 39.8 Å². The number of nitrogens with one attached hydrogen (secondary N) is 1. The molecule has 0 aliphatic carbocycles. The molecule has 1 aromatic heterocycles. The van der Waals surface area contributed by atoms with Crippen LogP contribution in [-0.4, -0.2) is 47.7 Å². The van der Waals surface area contributed by atoms with Gasteiger partial charge in [-0.2, -0.15) is 0 Å². The number of rotatable bonds is 7. The molecule has 8 heteroatoms. The summed E-state index contributed by atoms with van der Waals surface area (Å²) in [6.45, 7) is 8.46. The molecule has 0 bridgehead atoms. The Labute approximate surface area is 185 Å². The fraction of sp³-hybridized carbons (Fsp3) is 0.409. The molecular formula is C22H28BrN3O4. The lowest BCUT2D eigenvalue weighted by atomic mass is 10.2. The molecule has 162 valence electrons. The Hall–Kier alpha value is -2.45. The van der Waals surface area contributed by atoms with E-state index in [2.05, 4.69) is 26.2 Å². The van der Waals surface area contributed by atoms with Gasteiger partial charge in [0.15, 0.2) is 0 Å². The molecular weight excluding hydrogens is 450 g/mol. The summed E-state index contributed by atoms with van der Waals surface area (Å²) in [6.07, 6.45) is 1.17. The first-order valence-corrected chi connectivity index (χ1v) is 10.4. The standard InChI is InChI=1S/C22H28BrN3O4/c1-15-17(23)7-6-8-18(15)25-20(27)19-10-9-16(13-24-19)14-26(11-12-29-5)21(28)30-22(2,3)4/h6-10,13H,11-12,14H2,1-5H3,(H,25,27). The van der Waals surface area contributed by atoms with Gasteiger partial charge in [0.05, 0.1) is 13.2 Å². The summed E-state index contributed by atoms with van der Waals surface area (Å²) >= 11 is 3.45. The molecule has 1 heterocycles. The van der Waals surface area contributed by atoms with Crippen molar-refractivity contribution in [2.24, 2.45) is 0 Å². The average molecular weight is 478 g/mol. The summed E-state index contributed by atoms with van der Waals surface area (Å²) in [5, 5.41) is 2.87. The van der Waals surface area contributed by atoms with Crippen molar-refractivity contribution >= 4 is 33.6 Å². The van der Waals surface area contributed by atoms with E-state index in [-0.39, 0.29) is 5.91 Å². The van der Waals surface area contributed by atoms with Gasteiger partial charge in [0, 0.05) is 30.0 Å². The van der Waals surface area contributed by atoms with Gasteiger partial charge in [-0.25, -0.2) is 4.79 Å². The Bertz CT molecular complexity index is 879. The molecule has 0 unspecified atom stereocenters. The molecule has 1 aromatic carbocycles. The lowest BCUT2D eigenvalue weighted by Gasteiger charge is -2.27. The molecule has 0 fully saturated rings. The zero-order valence-electron chi connectivity index (χ0n) is 18.0. The maximum atomic E-state index is 12.5. The van der Waals surface area contributed by atoms with Crippen LogP contribution in [0.2, 0.25) is 0 Å². The van der Waals surface area contributed by atoms with Gasteiger partial charge in [-0.05, 0) is 57.0 Å². The topological polar surface area (TPSA) is 80.8 Å². The van der Waals surface area contributed by atoms with Crippen molar-refractivity contribution in [1.29, 1.82) is 0 Å². The fourth-order valence-corrected chi connectivity index (χ4v) is 2.93. The number of pyridine rings is 1. The fourth-order valence-electron chi connectivity index (χ4n) is 2.56. The van der Waals surface area contributed by atoms with Crippen LogP contribution in [0.1, 0.15) is 42.4 Å². The van der Waals surface area contributed by atoms with Crippen LogP contribution >= 0.6 is 15.9 Å². The largest absolute Gasteiger partial charge is 0.444 e. The number of halogens is 1. The maximum absolute atomic E-state index is 12.5. The van der Waals surface area contributed by atoms with Gasteiger partial charge >= 0.3 is 6.09 Å². The summed E-state index contributed by atoms with van der Waals surface area (Å²) in [6, 6.07) is 9.02. The number of ether oxygens (including phenoxy) is 2. The van der Waals surface area contributed by atoms with Gasteiger partial charge in [-0.3, -0.25) is 9.78 Å². The van der Waals surface area contributed by atoms with Gasteiger partial charge < -0.3 is 19.7 Å². The summed E-state index contributed by atoms with van der Waals surface area (Å²) in [5.74, 6) is -0.300. The Morgan fingerprint density at radius 1 is 1.20 bits per heavy atom. The molecule has 0 aliphatic heterocycles. The Morgan fingerprint density at radius 3 is 2.53 bits per heavy atom. The van der Waals surface area contributed by atoms with E-state index in [4.69, 9.17) is 9.47 Å². The summed E-state index contributed by atoms with van der Waals surface area (Å²) in [4.78, 5) is 30.8. The molecule has 2 aromatic rings. The van der Waals surface area contributed by atoms with E-state index in [0.29, 0.717) is 25.4 Å². The second-order valence-electron chi connectivity index (χ2n) is 7.81. The SMILES string of the molecule is COCCN(Cc1ccc(C(=O)Nc2cccc(Br)c2C)nc1)C(=O)OC(C)(C)C. The van der Waals surface area contributed by atoms with Crippen LogP contribution in [0.4, 0.5) is 10.5 Å². The molecule has 0 atom stereocenters. The van der Waals surface area contributed by atoms with Crippen LogP contribution in [0.15, 0.2) is 41.0 Å². The van der Waals surface area contributed by atoms with Gasteiger partial charge in [-0.1, -0.05) is 28.1 Å². The minimum Gasteiger partial charge on any atom is -0.444 e. The van der Waals surface area contributed by atoms with E-state index in [1.165, 1.54) is 0 Å². The lowest BCUT2D eigenvalue weighted by molar-refractivity contribution is 0.0183. The third-order valence-corrected chi connectivity index (χ3v) is 5.02. The first kappa shape index (κ1) is 23.8. The molecule has 0 aliphatic rings. The molecule has 30 heavy (non-hydrogen) atoms. The van der Waals surface area contributed by atoms with Crippen LogP contribution in [0.3, 0.4) is 0 Å². The van der Waals surface area contributed by atoms with Crippen LogP contribution < -0.4 is 5.32 Å². The Balaban J connectivity index is 2.07. The first-order valence-electron chi connectivity index (χ1n) is 9.59. The molecule has 0 saturated carbocycles. The van der Waals surface area contributed by atoms with E-state index >= 15 is 0 Å². The van der Waals surface area contributed by atoms with Gasteiger partial charge in [0.2, 0.25) is 0 Å². The predicted octanol–water partition coefficient (Wildman–Crippen LogP) is 4.79. The maximum Gasteiger partial charge on any atom is 0.410 e. The molecule has 0 radical (unpaired) electrons. The number of amides is 2. The monoisotopic (exact) mass is 477 g/mol. The van der Waals surface area contributed by atoms with Crippen molar-refractivity contribution in [1.82, 2.24) is 9.88 Å². The minimum atomic E-state index is -0.590. The second-order valence-corrected chi connectivity index (χ2v) is 8.67. The van der Waals surface area contributed by atoms with E-state index in [1.807, 2.05) is 45.9 Å². The second kappa shape index (κ2) is 10.5. The summed E-state index contributed by atoms with van der Waals surface area (Å²) in [7, 11) is 1.58. The molecule has 2 amide bonds. The van der Waals surface area contributed by atoms with E-state index in [9.17, 15) is 9.59 Å². The van der Waals surface area contributed by atoms with Crippen molar-refractivity contribution < 1.29 is 19.1 Å². The third kappa shape index (κ3) is 7.11. The molecule has 0 saturated heterocycles. The van der Waals surface area contributed by atoms with E-state index in [1.54, 1.807) is 30.3 Å². The number of aromatic nitrogens is 1. The number of carbonyl (C=O) groups is 2. The number of carbonyl (C=O) groups excluding carboxylic acids is 2. The summed E-state index contributed by atoms with van der Waals surface area (Å²) in [5.41, 5.74) is 2.14. The normalized spacial score (nSPS) is 11.1. The number of benzene rings is 1. The van der Waals surface area contributed by atoms with Crippen molar-refractivity contribution in [3.05, 3.63) is 57.8 Å². The van der Waals surface area contributed by atoms with E-state index < -0.39 is 11.7 Å². The molecule has 1 N–H and O–H groups in total. The zero-order valence-corrected chi connectivity index (χ0v) is 19.6. The highest BCUT2D eigenvalue weighted by molar-refractivity contribution is 9.10. The molecule has 7 nitrogen and oxygen atoms in total. The highest BCUT2D eigenvalue weighted by Crippen LogP contribution is 2.23. The van der Waals surface area contributed by atoms with Gasteiger partial charge in [0.25, 0.3) is 5.91 Å². The van der Waals surface area contributed by atoms with Crippen molar-refractivity contribution in [3.8, 4) is 0 Å². The van der Waals surface area contributed by atoms with Gasteiger partial charge in [-0.15, -0.1) is 0 Å². The van der Waals surface area contributed by atoms with Crippen LogP contribution in [0.5, 0.6) is 0 Å². The number of nitrogens with zero attached hydrogens (tertiary/aromatic N) is 2. The van der Waals surface area contributed by atoms with Crippen molar-refractivity contribution in [3.63, 3.8) is 0 Å². The lowest BCUT2D eigenvalue weighted by Crippen LogP contribution is -2.38. The summed E-state index contributed by atoms with van der Waals surface area (Å²) < 4.78 is 11.5. The number of anilines is 1. The molecule has 2 rings (SSSR count). The van der Waals surface area contributed by atoms with Gasteiger partial charge in [0.1, 0.15) is 11.3 Å². The van der Waals surface area contributed by atoms with Crippen LogP contribution in [0.25, 0.3) is 0 Å². The average Bonchev–Trinajstić information content (AvgIpc) is 2.67. The number of methoxy groups -OCH3 is 1. The smallest absolute Gasteiger partial charge is 0.410 e. The highest BCUT2D eigenvalue weighted by Gasteiger charge is 2.22. The Kier molecular flexibility index (Phi) is 8.37. The Morgan fingerprint density at radius 2 is 1.93 bits per heavy atom. The van der Waals surface area contributed by atoms with Crippen molar-refractivity contribution in [2.75, 3.05) is 25.6 Å². The number of hydrogen-bond acceptors (Lipinski definition) is 5. The third-order valence-electron chi connectivity index (χ3n) is 4.16. The van der Waals surface area contributed by atoms with E-state index in [0.717, 1.165) is 21.3 Å². The predicted molar refractivity (Wildman–Crippen MR) is 120 cm³/mol.